The number of nitrogens with one attached hydrogen (secondary N) is 2. The minimum Gasteiger partial charge on any atom is -0.481 e. The topological polar surface area (TPSA) is 141 Å². The second-order valence-electron chi connectivity index (χ2n) is 8.01. The Balaban J connectivity index is 1.20. The normalized spacial score (nSPS) is 17.4. The summed E-state index contributed by atoms with van der Waals surface area (Å²) in [4.78, 5) is 51.0. The van der Waals surface area contributed by atoms with Crippen LogP contribution < -0.4 is 30.6 Å². The average molecular weight is 465 g/mol. The van der Waals surface area contributed by atoms with E-state index in [1.54, 1.807) is 33.7 Å². The van der Waals surface area contributed by atoms with Gasteiger partial charge in [0.25, 0.3) is 11.5 Å². The number of fused-ring (bicyclic) bond motifs is 2. The summed E-state index contributed by atoms with van der Waals surface area (Å²) in [6.45, 7) is 1.46. The summed E-state index contributed by atoms with van der Waals surface area (Å²) in [5.74, 6) is 1.35. The molecule has 0 saturated carbocycles. The number of carbonyl (C=O) groups is 2. The van der Waals surface area contributed by atoms with E-state index < -0.39 is 0 Å². The van der Waals surface area contributed by atoms with Crippen LogP contribution in [0.25, 0.3) is 11.2 Å². The summed E-state index contributed by atoms with van der Waals surface area (Å²) in [5, 5.41) is 6.04. The van der Waals surface area contributed by atoms with Crippen molar-refractivity contribution in [2.75, 3.05) is 37.0 Å². The molecule has 0 radical (unpaired) electrons. The van der Waals surface area contributed by atoms with Gasteiger partial charge in [-0.05, 0) is 31.2 Å². The number of hydrogen-bond acceptors (Lipinski definition) is 9. The molecule has 2 aliphatic heterocycles. The van der Waals surface area contributed by atoms with Crippen molar-refractivity contribution in [2.45, 2.75) is 25.4 Å². The molecule has 2 amide bonds. The number of aromatic nitrogens is 4. The highest BCUT2D eigenvalue weighted by atomic mass is 16.5. The van der Waals surface area contributed by atoms with Crippen molar-refractivity contribution in [3.05, 3.63) is 40.8 Å². The van der Waals surface area contributed by atoms with Crippen molar-refractivity contribution in [3.63, 3.8) is 0 Å². The highest BCUT2D eigenvalue weighted by molar-refractivity contribution is 5.97. The van der Waals surface area contributed by atoms with E-state index in [1.165, 1.54) is 13.3 Å². The van der Waals surface area contributed by atoms with Gasteiger partial charge in [-0.2, -0.15) is 4.98 Å². The fourth-order valence-electron chi connectivity index (χ4n) is 4.06. The number of carbonyl (C=O) groups excluding carboxylic acids is 2. The molecular formula is C22H23N7O5. The van der Waals surface area contributed by atoms with Gasteiger partial charge in [-0.25, -0.2) is 9.97 Å². The van der Waals surface area contributed by atoms with Crippen LogP contribution in [0.15, 0.2) is 35.3 Å². The smallest absolute Gasteiger partial charge is 0.270 e. The molecule has 1 fully saturated rings. The van der Waals surface area contributed by atoms with Gasteiger partial charge in [-0.3, -0.25) is 23.9 Å². The van der Waals surface area contributed by atoms with Crippen LogP contribution in [-0.4, -0.2) is 64.2 Å². The van der Waals surface area contributed by atoms with Gasteiger partial charge in [0.2, 0.25) is 11.8 Å². The molecule has 0 unspecified atom stereocenters. The largest absolute Gasteiger partial charge is 0.481 e. The lowest BCUT2D eigenvalue weighted by atomic mass is 10.2. The number of ether oxygens (including phenoxy) is 2. The number of aryl methyl sites for hydroxylation is 1. The van der Waals surface area contributed by atoms with Crippen molar-refractivity contribution in [1.29, 1.82) is 0 Å². The lowest BCUT2D eigenvalue weighted by Gasteiger charge is -2.21. The summed E-state index contributed by atoms with van der Waals surface area (Å²) < 4.78 is 12.1. The van der Waals surface area contributed by atoms with Crippen molar-refractivity contribution >= 4 is 34.6 Å². The van der Waals surface area contributed by atoms with Gasteiger partial charge in [0.1, 0.15) is 11.3 Å². The number of pyridine rings is 2. The maximum absolute atomic E-state index is 12.6. The number of amides is 2. The molecule has 12 heteroatoms. The van der Waals surface area contributed by atoms with Crippen LogP contribution in [-0.2, 0) is 16.1 Å². The summed E-state index contributed by atoms with van der Waals surface area (Å²) in [7, 11) is 1.52. The number of rotatable bonds is 7. The summed E-state index contributed by atoms with van der Waals surface area (Å²) in [6, 6.07) is 6.82. The third-order valence-electron chi connectivity index (χ3n) is 5.73. The molecule has 5 heterocycles. The van der Waals surface area contributed by atoms with Crippen molar-refractivity contribution in [3.8, 4) is 11.6 Å². The Labute approximate surface area is 193 Å². The Morgan fingerprint density at radius 3 is 2.94 bits per heavy atom. The van der Waals surface area contributed by atoms with Crippen molar-refractivity contribution in [1.82, 2.24) is 24.8 Å². The van der Waals surface area contributed by atoms with E-state index in [9.17, 15) is 14.4 Å². The van der Waals surface area contributed by atoms with Crippen LogP contribution in [0.5, 0.6) is 11.6 Å². The summed E-state index contributed by atoms with van der Waals surface area (Å²) in [6.07, 6.45) is 2.28. The van der Waals surface area contributed by atoms with Crippen LogP contribution in [0, 0.1) is 0 Å². The Bertz CT molecular complexity index is 1320. The molecule has 12 nitrogen and oxygen atoms in total. The fourth-order valence-corrected chi connectivity index (χ4v) is 4.06. The maximum Gasteiger partial charge on any atom is 0.270 e. The molecule has 3 aromatic rings. The molecule has 0 bridgehead atoms. The molecule has 1 saturated heterocycles. The lowest BCUT2D eigenvalue weighted by Crippen LogP contribution is -2.34. The van der Waals surface area contributed by atoms with E-state index >= 15 is 0 Å². The van der Waals surface area contributed by atoms with Gasteiger partial charge in [-0.15, -0.1) is 0 Å². The Morgan fingerprint density at radius 1 is 1.21 bits per heavy atom. The fraction of sp³-hybridized carbons (Fsp3) is 0.364. The minimum atomic E-state index is -0.279. The van der Waals surface area contributed by atoms with Crippen molar-refractivity contribution < 1.29 is 19.1 Å². The van der Waals surface area contributed by atoms with Gasteiger partial charge in [0.05, 0.1) is 13.3 Å². The SMILES string of the molecule is COc1ccc2ncc(=O)n(CCCN[C@H]3CC(=O)N(c4ccc5c(n4)NC(=O)CO5)C3)c2n1. The zero-order valence-electron chi connectivity index (χ0n) is 18.5. The molecule has 176 valence electrons. The molecule has 3 aromatic heterocycles. The molecule has 2 N–H and O–H groups in total. The van der Waals surface area contributed by atoms with E-state index in [-0.39, 0.29) is 30.0 Å². The quantitative estimate of drug-likeness (QED) is 0.472. The molecule has 1 atom stereocenters. The first-order chi connectivity index (χ1) is 16.5. The van der Waals surface area contributed by atoms with Crippen LogP contribution in [0.4, 0.5) is 11.6 Å². The third-order valence-corrected chi connectivity index (χ3v) is 5.73. The molecular weight excluding hydrogens is 442 g/mol. The molecule has 34 heavy (non-hydrogen) atoms. The zero-order valence-corrected chi connectivity index (χ0v) is 18.5. The third kappa shape index (κ3) is 4.27. The first-order valence-corrected chi connectivity index (χ1v) is 10.9. The second kappa shape index (κ2) is 9.06. The summed E-state index contributed by atoms with van der Waals surface area (Å²) in [5.41, 5.74) is 0.859. The van der Waals surface area contributed by atoms with E-state index in [0.717, 1.165) is 0 Å². The monoisotopic (exact) mass is 465 g/mol. The molecule has 0 spiro atoms. The highest BCUT2D eigenvalue weighted by Gasteiger charge is 2.32. The number of methoxy groups -OCH3 is 1. The van der Waals surface area contributed by atoms with Crippen LogP contribution in [0.2, 0.25) is 0 Å². The first kappa shape index (κ1) is 21.8. The van der Waals surface area contributed by atoms with Crippen LogP contribution >= 0.6 is 0 Å². The molecule has 2 aliphatic rings. The Kier molecular flexibility index (Phi) is 5.80. The van der Waals surface area contributed by atoms with Crippen molar-refractivity contribution in [2.24, 2.45) is 0 Å². The standard InChI is InChI=1S/C22H23N7O5/c1-33-18-6-3-14-22(27-18)28(20(32)10-24-14)8-2-7-23-13-9-19(31)29(11-13)16-5-4-15-21(25-16)26-17(30)12-34-15/h3-6,10,13,23H,2,7-9,11-12H2,1H3,(H,25,26,30)/t13-/m0/s1. The average Bonchev–Trinajstić information content (AvgIpc) is 3.22. The number of hydrogen-bond donors (Lipinski definition) is 2. The minimum absolute atomic E-state index is 0.0479. The van der Waals surface area contributed by atoms with E-state index in [1.807, 2.05) is 0 Å². The molecule has 5 rings (SSSR count). The number of nitrogens with zero attached hydrogens (tertiary/aromatic N) is 5. The van der Waals surface area contributed by atoms with Crippen LogP contribution in [0.3, 0.4) is 0 Å². The summed E-state index contributed by atoms with van der Waals surface area (Å²) >= 11 is 0. The maximum atomic E-state index is 12.6. The van der Waals surface area contributed by atoms with E-state index in [4.69, 9.17) is 9.47 Å². The van der Waals surface area contributed by atoms with E-state index in [0.29, 0.717) is 66.9 Å². The van der Waals surface area contributed by atoms with Gasteiger partial charge in [0, 0.05) is 31.6 Å². The van der Waals surface area contributed by atoms with Gasteiger partial charge >= 0.3 is 0 Å². The second-order valence-corrected chi connectivity index (χ2v) is 8.01. The Morgan fingerprint density at radius 2 is 2.09 bits per heavy atom. The highest BCUT2D eigenvalue weighted by Crippen LogP contribution is 2.30. The van der Waals surface area contributed by atoms with Gasteiger partial charge in [0.15, 0.2) is 23.8 Å². The Hall–Kier alpha value is -4.06. The predicted molar refractivity (Wildman–Crippen MR) is 122 cm³/mol. The lowest BCUT2D eigenvalue weighted by molar-refractivity contribution is -0.118. The van der Waals surface area contributed by atoms with Gasteiger partial charge in [-0.1, -0.05) is 0 Å². The first-order valence-electron chi connectivity index (χ1n) is 10.9. The van der Waals surface area contributed by atoms with E-state index in [2.05, 4.69) is 25.6 Å². The zero-order chi connectivity index (χ0) is 23.7. The molecule has 0 aromatic carbocycles. The van der Waals surface area contributed by atoms with Gasteiger partial charge < -0.3 is 20.1 Å². The molecule has 0 aliphatic carbocycles. The van der Waals surface area contributed by atoms with Crippen LogP contribution in [0.1, 0.15) is 12.8 Å². The predicted octanol–water partition coefficient (Wildman–Crippen LogP) is 0.311. The number of anilines is 2.